The Morgan fingerprint density at radius 1 is 0.854 bits per heavy atom. The van der Waals surface area contributed by atoms with Crippen molar-refractivity contribution >= 4 is 28.6 Å². The van der Waals surface area contributed by atoms with Gasteiger partial charge in [0.05, 0.1) is 5.39 Å². The first-order chi connectivity index (χ1) is 19.0. The van der Waals surface area contributed by atoms with Gasteiger partial charge in [0.15, 0.2) is 5.69 Å². The fourth-order valence-corrected chi connectivity index (χ4v) is 3.47. The Kier molecular flexibility index (Phi) is 10.9. The van der Waals surface area contributed by atoms with Crippen LogP contribution in [-0.2, 0) is 23.2 Å². The van der Waals surface area contributed by atoms with Crippen molar-refractivity contribution in [1.82, 2.24) is 24.6 Å². The number of halogens is 6. The molecule has 4 rings (SSSR count). The normalized spacial score (nSPS) is 13.9. The molecular formula is C24H23F6N5O6. The number of benzene rings is 1. The molecule has 222 valence electrons. The van der Waals surface area contributed by atoms with Crippen LogP contribution < -0.4 is 5.56 Å². The van der Waals surface area contributed by atoms with Crippen LogP contribution in [0, 0.1) is 0 Å². The van der Waals surface area contributed by atoms with Crippen molar-refractivity contribution in [1.29, 1.82) is 0 Å². The minimum Gasteiger partial charge on any atom is -0.475 e. The van der Waals surface area contributed by atoms with Crippen LogP contribution in [0.15, 0.2) is 53.6 Å². The number of hydrogen-bond acceptors (Lipinski definition) is 7. The lowest BCUT2D eigenvalue weighted by atomic mass is 10.1. The molecule has 3 aromatic rings. The second-order valence-electron chi connectivity index (χ2n) is 8.36. The number of carbonyl (C=O) groups excluding carboxylic acids is 1. The number of rotatable bonds is 3. The van der Waals surface area contributed by atoms with E-state index in [1.807, 2.05) is 23.2 Å². The lowest BCUT2D eigenvalue weighted by molar-refractivity contribution is -0.193. The predicted octanol–water partition coefficient (Wildman–Crippen LogP) is 2.55. The molecule has 2 N–H and O–H groups in total. The average Bonchev–Trinajstić information content (AvgIpc) is 2.91. The molecule has 41 heavy (non-hydrogen) atoms. The maximum atomic E-state index is 13.1. The smallest absolute Gasteiger partial charge is 0.475 e. The highest BCUT2D eigenvalue weighted by molar-refractivity contribution is 6.04. The van der Waals surface area contributed by atoms with E-state index in [9.17, 15) is 35.9 Å². The highest BCUT2D eigenvalue weighted by Crippen LogP contribution is 2.17. The van der Waals surface area contributed by atoms with Gasteiger partial charge in [-0.1, -0.05) is 24.3 Å². The minimum atomic E-state index is -5.08. The second-order valence-corrected chi connectivity index (χ2v) is 8.36. The van der Waals surface area contributed by atoms with E-state index in [1.165, 1.54) is 10.2 Å². The molecule has 2 aromatic heterocycles. The van der Waals surface area contributed by atoms with Gasteiger partial charge in [0.25, 0.3) is 11.5 Å². The average molecular weight is 591 g/mol. The Morgan fingerprint density at radius 2 is 1.37 bits per heavy atom. The summed E-state index contributed by atoms with van der Waals surface area (Å²) in [5.41, 5.74) is 1.32. The first-order valence-electron chi connectivity index (χ1n) is 11.5. The van der Waals surface area contributed by atoms with Gasteiger partial charge in [0, 0.05) is 57.6 Å². The molecule has 0 spiro atoms. The molecule has 0 bridgehead atoms. The van der Waals surface area contributed by atoms with Gasteiger partial charge < -0.3 is 15.1 Å². The summed E-state index contributed by atoms with van der Waals surface area (Å²) in [4.78, 5) is 51.4. The van der Waals surface area contributed by atoms with Crippen LogP contribution in [-0.4, -0.2) is 91.2 Å². The fraction of sp³-hybridized carbons (Fsp3) is 0.333. The number of nitrogens with zero attached hydrogens (tertiary/aromatic N) is 5. The Hall–Kier alpha value is -4.54. The zero-order valence-corrected chi connectivity index (χ0v) is 21.2. The third kappa shape index (κ3) is 9.55. The minimum absolute atomic E-state index is 0.122. The van der Waals surface area contributed by atoms with Gasteiger partial charge in [-0.2, -0.15) is 31.4 Å². The first-order valence-corrected chi connectivity index (χ1v) is 11.5. The molecule has 11 nitrogen and oxygen atoms in total. The summed E-state index contributed by atoms with van der Waals surface area (Å²) >= 11 is 0. The molecule has 1 saturated heterocycles. The standard InChI is InChI=1S/C20H21N5O2.2C2HF3O2/c1-23-19(26)17-7-3-2-6-16(17)18(22-23)20(27)25-11-9-24(10-12-25)14-15-5-4-8-21-13-15;2*3-2(4,5)1(6)7/h2-8,13H,9-12,14H2,1H3;2*(H,6,7). The summed E-state index contributed by atoms with van der Waals surface area (Å²) in [5.74, 6) is -5.64. The van der Waals surface area contributed by atoms with Crippen molar-refractivity contribution in [2.24, 2.45) is 7.05 Å². The van der Waals surface area contributed by atoms with E-state index in [0.29, 0.717) is 29.6 Å². The monoisotopic (exact) mass is 591 g/mol. The van der Waals surface area contributed by atoms with E-state index in [2.05, 4.69) is 21.0 Å². The lowest BCUT2D eigenvalue weighted by Crippen LogP contribution is -2.48. The molecule has 0 aliphatic carbocycles. The summed E-state index contributed by atoms with van der Waals surface area (Å²) in [6, 6.07) is 11.1. The van der Waals surface area contributed by atoms with Crippen molar-refractivity contribution in [2.45, 2.75) is 18.9 Å². The van der Waals surface area contributed by atoms with Crippen molar-refractivity contribution in [3.63, 3.8) is 0 Å². The Labute approximate surface area is 227 Å². The van der Waals surface area contributed by atoms with Crippen molar-refractivity contribution in [3.8, 4) is 0 Å². The number of pyridine rings is 1. The van der Waals surface area contributed by atoms with E-state index < -0.39 is 24.3 Å². The van der Waals surface area contributed by atoms with Crippen molar-refractivity contribution < 1.29 is 50.9 Å². The summed E-state index contributed by atoms with van der Waals surface area (Å²) in [6.45, 7) is 3.70. The maximum Gasteiger partial charge on any atom is 0.490 e. The number of aliphatic carboxylic acids is 2. The third-order valence-electron chi connectivity index (χ3n) is 5.43. The number of aryl methyl sites for hydroxylation is 1. The molecule has 0 atom stereocenters. The largest absolute Gasteiger partial charge is 0.490 e. The predicted molar refractivity (Wildman–Crippen MR) is 130 cm³/mol. The van der Waals surface area contributed by atoms with Crippen molar-refractivity contribution in [2.75, 3.05) is 26.2 Å². The van der Waals surface area contributed by atoms with E-state index in [4.69, 9.17) is 19.8 Å². The number of carbonyl (C=O) groups is 3. The molecular weight excluding hydrogens is 568 g/mol. The lowest BCUT2D eigenvalue weighted by Gasteiger charge is -2.34. The Bertz CT molecular complexity index is 1400. The van der Waals surface area contributed by atoms with Gasteiger partial charge in [-0.25, -0.2) is 14.3 Å². The number of alkyl halides is 6. The van der Waals surface area contributed by atoms with Gasteiger partial charge >= 0.3 is 24.3 Å². The Balaban J connectivity index is 0.000000349. The van der Waals surface area contributed by atoms with Gasteiger partial charge in [-0.05, 0) is 17.7 Å². The van der Waals surface area contributed by atoms with Crippen molar-refractivity contribution in [3.05, 3.63) is 70.4 Å². The zero-order chi connectivity index (χ0) is 31.0. The van der Waals surface area contributed by atoms with E-state index in [0.717, 1.165) is 19.6 Å². The fourth-order valence-electron chi connectivity index (χ4n) is 3.47. The quantitative estimate of drug-likeness (QED) is 0.439. The molecule has 3 heterocycles. The van der Waals surface area contributed by atoms with Gasteiger partial charge in [-0.3, -0.25) is 19.5 Å². The Morgan fingerprint density at radius 3 is 1.83 bits per heavy atom. The highest BCUT2D eigenvalue weighted by atomic mass is 19.4. The topological polar surface area (TPSA) is 146 Å². The molecule has 1 aromatic carbocycles. The van der Waals surface area contributed by atoms with Crippen LogP contribution in [0.4, 0.5) is 26.3 Å². The number of hydrogen-bond donors (Lipinski definition) is 2. The molecule has 0 unspecified atom stereocenters. The van der Waals surface area contributed by atoms with E-state index in [-0.39, 0.29) is 11.5 Å². The second kappa shape index (κ2) is 13.7. The van der Waals surface area contributed by atoms with E-state index in [1.54, 1.807) is 31.4 Å². The number of piperazine rings is 1. The maximum absolute atomic E-state index is 13.1. The molecule has 1 fully saturated rings. The van der Waals surface area contributed by atoms with Crippen LogP contribution in [0.1, 0.15) is 16.1 Å². The summed E-state index contributed by atoms with van der Waals surface area (Å²) in [6.07, 6.45) is -6.53. The van der Waals surface area contributed by atoms with Gasteiger partial charge in [0.1, 0.15) is 0 Å². The number of fused-ring (bicyclic) bond motifs is 1. The number of amides is 1. The van der Waals surface area contributed by atoms with Gasteiger partial charge in [-0.15, -0.1) is 0 Å². The van der Waals surface area contributed by atoms with Gasteiger partial charge in [0.2, 0.25) is 0 Å². The number of carboxylic acids is 2. The zero-order valence-electron chi connectivity index (χ0n) is 21.2. The van der Waals surface area contributed by atoms with E-state index >= 15 is 0 Å². The molecule has 1 aliphatic heterocycles. The summed E-state index contributed by atoms with van der Waals surface area (Å²) in [7, 11) is 1.58. The SMILES string of the molecule is Cn1nc(C(=O)N2CCN(Cc3cccnc3)CC2)c2ccccc2c1=O.O=C(O)C(F)(F)F.O=C(O)C(F)(F)F. The number of carboxylic acid groups (broad SMARTS) is 2. The summed E-state index contributed by atoms with van der Waals surface area (Å²) in [5, 5.41) is 19.6. The van der Waals surface area contributed by atoms with Crippen LogP contribution >= 0.6 is 0 Å². The number of aromatic nitrogens is 3. The molecule has 0 radical (unpaired) electrons. The molecule has 1 aliphatic rings. The first kappa shape index (κ1) is 32.7. The highest BCUT2D eigenvalue weighted by Gasteiger charge is 2.38. The van der Waals surface area contributed by atoms with Crippen LogP contribution in [0.5, 0.6) is 0 Å². The van der Waals surface area contributed by atoms with Crippen LogP contribution in [0.3, 0.4) is 0 Å². The van der Waals surface area contributed by atoms with Crippen LogP contribution in [0.2, 0.25) is 0 Å². The molecule has 1 amide bonds. The molecule has 0 saturated carbocycles. The summed E-state index contributed by atoms with van der Waals surface area (Å²) < 4.78 is 64.7. The third-order valence-corrected chi connectivity index (χ3v) is 5.43. The molecule has 17 heteroatoms. The van der Waals surface area contributed by atoms with Crippen LogP contribution in [0.25, 0.3) is 10.8 Å².